The molecule has 1 atom stereocenters. The number of nitrogens with zero attached hydrogens (tertiary/aromatic N) is 1. The summed E-state index contributed by atoms with van der Waals surface area (Å²) in [5.41, 5.74) is 7.10. The van der Waals surface area contributed by atoms with E-state index < -0.39 is 10.0 Å². The summed E-state index contributed by atoms with van der Waals surface area (Å²) >= 11 is 0. The third-order valence-corrected chi connectivity index (χ3v) is 7.96. The standard InChI is InChI=1S/C30H34N2O5S/c1-30(2,3)22-6-9-24(26(16-22)21-12-14-37-18-21)19-5-8-25-20(15-19)11-13-32(29(25)34)23-7-10-28(33)27(17-23)31-38(4,35)36/h5-10,15-17,21,31,33H,11-14,18H2,1-4H3. The Morgan fingerprint density at radius 2 is 1.79 bits per heavy atom. The van der Waals surface area contributed by atoms with E-state index in [0.29, 0.717) is 30.1 Å². The van der Waals surface area contributed by atoms with E-state index in [0.717, 1.165) is 37.0 Å². The maximum atomic E-state index is 13.5. The van der Waals surface area contributed by atoms with Crippen LogP contribution < -0.4 is 9.62 Å². The van der Waals surface area contributed by atoms with Gasteiger partial charge in [0.15, 0.2) is 0 Å². The van der Waals surface area contributed by atoms with Crippen molar-refractivity contribution >= 4 is 27.3 Å². The van der Waals surface area contributed by atoms with Crippen molar-refractivity contribution in [2.24, 2.45) is 0 Å². The summed E-state index contributed by atoms with van der Waals surface area (Å²) in [6.45, 7) is 8.62. The Labute approximate surface area is 224 Å². The van der Waals surface area contributed by atoms with Crippen LogP contribution in [0.25, 0.3) is 11.1 Å². The fourth-order valence-corrected chi connectivity index (χ4v) is 5.85. The molecule has 5 rings (SSSR count). The van der Waals surface area contributed by atoms with Crippen molar-refractivity contribution in [2.45, 2.75) is 44.9 Å². The van der Waals surface area contributed by atoms with Crippen molar-refractivity contribution in [1.82, 2.24) is 0 Å². The number of rotatable bonds is 5. The van der Waals surface area contributed by atoms with Crippen molar-refractivity contribution < 1.29 is 23.1 Å². The number of phenols is 1. The van der Waals surface area contributed by atoms with E-state index in [9.17, 15) is 18.3 Å². The number of phenolic OH excluding ortho intramolecular Hbond substituents is 1. The Balaban J connectivity index is 1.48. The summed E-state index contributed by atoms with van der Waals surface area (Å²) in [5, 5.41) is 10.1. The van der Waals surface area contributed by atoms with Gasteiger partial charge in [-0.1, -0.05) is 51.1 Å². The molecule has 2 heterocycles. The molecule has 3 aromatic rings. The summed E-state index contributed by atoms with van der Waals surface area (Å²) < 4.78 is 31.4. The number of hydrogen-bond acceptors (Lipinski definition) is 5. The van der Waals surface area contributed by atoms with Crippen molar-refractivity contribution in [3.8, 4) is 16.9 Å². The molecule has 0 aromatic heterocycles. The van der Waals surface area contributed by atoms with Gasteiger partial charge < -0.3 is 14.7 Å². The van der Waals surface area contributed by atoms with Gasteiger partial charge in [-0.25, -0.2) is 8.42 Å². The molecule has 1 fully saturated rings. The topological polar surface area (TPSA) is 95.9 Å². The van der Waals surface area contributed by atoms with Crippen LogP contribution in [0, 0.1) is 0 Å². The lowest BCUT2D eigenvalue weighted by Crippen LogP contribution is -2.37. The quantitative estimate of drug-likeness (QED) is 0.425. The number of aromatic hydroxyl groups is 1. The second-order valence-electron chi connectivity index (χ2n) is 11.3. The highest BCUT2D eigenvalue weighted by Gasteiger charge is 2.28. The first-order valence-corrected chi connectivity index (χ1v) is 14.8. The fraction of sp³-hybridized carbons (Fsp3) is 0.367. The predicted molar refractivity (Wildman–Crippen MR) is 151 cm³/mol. The number of anilines is 2. The number of fused-ring (bicyclic) bond motifs is 1. The van der Waals surface area contributed by atoms with Gasteiger partial charge in [-0.2, -0.15) is 0 Å². The minimum atomic E-state index is -3.58. The van der Waals surface area contributed by atoms with Crippen LogP contribution in [0.2, 0.25) is 0 Å². The Bertz CT molecular complexity index is 1500. The highest BCUT2D eigenvalue weighted by molar-refractivity contribution is 7.92. The number of amides is 1. The number of nitrogens with one attached hydrogen (secondary N) is 1. The lowest BCUT2D eigenvalue weighted by molar-refractivity contribution is 0.0980. The first kappa shape index (κ1) is 26.3. The van der Waals surface area contributed by atoms with Gasteiger partial charge in [-0.15, -0.1) is 0 Å². The average Bonchev–Trinajstić information content (AvgIpc) is 3.39. The van der Waals surface area contributed by atoms with E-state index in [1.807, 2.05) is 12.1 Å². The van der Waals surface area contributed by atoms with Crippen LogP contribution in [0.4, 0.5) is 11.4 Å². The summed E-state index contributed by atoms with van der Waals surface area (Å²) in [6, 6.07) is 17.3. The van der Waals surface area contributed by atoms with Crippen molar-refractivity contribution in [3.63, 3.8) is 0 Å². The molecule has 0 spiro atoms. The molecule has 1 unspecified atom stereocenters. The van der Waals surface area contributed by atoms with E-state index in [-0.39, 0.29) is 22.8 Å². The molecular weight excluding hydrogens is 500 g/mol. The molecule has 1 amide bonds. The molecule has 7 nitrogen and oxygen atoms in total. The normalized spacial score (nSPS) is 17.9. The minimum absolute atomic E-state index is 0.0427. The lowest BCUT2D eigenvalue weighted by Gasteiger charge is -2.30. The number of carbonyl (C=O) groups is 1. The average molecular weight is 535 g/mol. The van der Waals surface area contributed by atoms with Gasteiger partial charge in [-0.3, -0.25) is 9.52 Å². The summed E-state index contributed by atoms with van der Waals surface area (Å²) in [4.78, 5) is 15.1. The second kappa shape index (κ2) is 9.75. The third kappa shape index (κ3) is 5.28. The molecule has 1 saturated heterocycles. The number of carbonyl (C=O) groups excluding carboxylic acids is 1. The Morgan fingerprint density at radius 3 is 2.47 bits per heavy atom. The zero-order chi connectivity index (χ0) is 27.2. The van der Waals surface area contributed by atoms with Crippen molar-refractivity contribution in [1.29, 1.82) is 0 Å². The molecule has 3 aromatic carbocycles. The molecule has 8 heteroatoms. The predicted octanol–water partition coefficient (Wildman–Crippen LogP) is 5.44. The van der Waals surface area contributed by atoms with Crippen molar-refractivity contribution in [2.75, 3.05) is 35.6 Å². The maximum absolute atomic E-state index is 13.5. The van der Waals surface area contributed by atoms with Gasteiger partial charge in [0.2, 0.25) is 10.0 Å². The smallest absolute Gasteiger partial charge is 0.258 e. The van der Waals surface area contributed by atoms with E-state index in [2.05, 4.69) is 49.8 Å². The number of benzene rings is 3. The van der Waals surface area contributed by atoms with Crippen molar-refractivity contribution in [3.05, 3.63) is 76.9 Å². The molecule has 0 radical (unpaired) electrons. The van der Waals surface area contributed by atoms with E-state index in [4.69, 9.17) is 4.74 Å². The Morgan fingerprint density at radius 1 is 1.03 bits per heavy atom. The zero-order valence-electron chi connectivity index (χ0n) is 22.2. The summed E-state index contributed by atoms with van der Waals surface area (Å²) in [5.74, 6) is 0.000561. The first-order valence-electron chi connectivity index (χ1n) is 12.9. The summed E-state index contributed by atoms with van der Waals surface area (Å²) in [6.07, 6.45) is 2.68. The number of hydrogen-bond donors (Lipinski definition) is 2. The number of ether oxygens (including phenoxy) is 1. The number of sulfonamides is 1. The largest absolute Gasteiger partial charge is 0.506 e. The van der Waals surface area contributed by atoms with Crippen LogP contribution >= 0.6 is 0 Å². The minimum Gasteiger partial charge on any atom is -0.506 e. The highest BCUT2D eigenvalue weighted by atomic mass is 32.2. The molecule has 0 saturated carbocycles. The summed E-state index contributed by atoms with van der Waals surface area (Å²) in [7, 11) is -3.58. The molecule has 2 N–H and O–H groups in total. The maximum Gasteiger partial charge on any atom is 0.258 e. The molecule has 0 aliphatic carbocycles. The van der Waals surface area contributed by atoms with Crippen LogP contribution in [-0.2, 0) is 26.6 Å². The van der Waals surface area contributed by atoms with Crippen LogP contribution in [0.3, 0.4) is 0 Å². The molecule has 38 heavy (non-hydrogen) atoms. The molecule has 200 valence electrons. The van der Waals surface area contributed by atoms with Crippen LogP contribution in [0.1, 0.15) is 60.2 Å². The highest BCUT2D eigenvalue weighted by Crippen LogP contribution is 2.39. The van der Waals surface area contributed by atoms with E-state index >= 15 is 0 Å². The van der Waals surface area contributed by atoms with Gasteiger partial charge in [0.05, 0.1) is 18.6 Å². The fourth-order valence-electron chi connectivity index (χ4n) is 5.29. The lowest BCUT2D eigenvalue weighted by atomic mass is 9.81. The zero-order valence-corrected chi connectivity index (χ0v) is 23.1. The molecule has 2 aliphatic rings. The van der Waals surface area contributed by atoms with Crippen LogP contribution in [-0.4, -0.2) is 45.4 Å². The van der Waals surface area contributed by atoms with Gasteiger partial charge in [-0.05, 0) is 70.3 Å². The monoisotopic (exact) mass is 534 g/mol. The van der Waals surface area contributed by atoms with E-state index in [1.54, 1.807) is 11.0 Å². The Kier molecular flexibility index (Phi) is 6.73. The Hall–Kier alpha value is -3.36. The third-order valence-electron chi connectivity index (χ3n) is 7.37. The molecular formula is C30H34N2O5S. The van der Waals surface area contributed by atoms with Crippen LogP contribution in [0.5, 0.6) is 5.75 Å². The van der Waals surface area contributed by atoms with Crippen LogP contribution in [0.15, 0.2) is 54.6 Å². The van der Waals surface area contributed by atoms with Gasteiger partial charge >= 0.3 is 0 Å². The SMILES string of the molecule is CC(C)(C)c1ccc(-c2ccc3c(c2)CCN(c2ccc(O)c(NS(C)(=O)=O)c2)C3=O)c(C2CCOC2)c1. The van der Waals surface area contributed by atoms with Gasteiger partial charge in [0, 0.05) is 30.3 Å². The van der Waals surface area contributed by atoms with E-state index in [1.165, 1.54) is 28.8 Å². The molecule has 2 aliphatic heterocycles. The van der Waals surface area contributed by atoms with Gasteiger partial charge in [0.25, 0.3) is 5.91 Å². The molecule has 0 bridgehead atoms. The first-order chi connectivity index (χ1) is 17.9. The second-order valence-corrected chi connectivity index (χ2v) is 13.0. The van der Waals surface area contributed by atoms with Gasteiger partial charge in [0.1, 0.15) is 5.75 Å².